The first kappa shape index (κ1) is 16.1. The van der Waals surface area contributed by atoms with Crippen LogP contribution in [0.5, 0.6) is 5.75 Å². The summed E-state index contributed by atoms with van der Waals surface area (Å²) in [6.07, 6.45) is 1.70. The molecule has 0 bridgehead atoms. The summed E-state index contributed by atoms with van der Waals surface area (Å²) in [5.74, 6) is -0.580. The lowest BCUT2D eigenvalue weighted by molar-refractivity contribution is -0.139. The number of carbonyl (C=O) groups is 2. The van der Waals surface area contributed by atoms with Gasteiger partial charge >= 0.3 is 5.97 Å². The number of carbonyl (C=O) groups excluding carboxylic acids is 1. The molecule has 1 saturated carbocycles. The van der Waals surface area contributed by atoms with E-state index in [0.717, 1.165) is 24.0 Å². The number of amides is 1. The van der Waals surface area contributed by atoms with Gasteiger partial charge in [-0.2, -0.15) is 0 Å². The van der Waals surface area contributed by atoms with Crippen LogP contribution in [-0.4, -0.2) is 23.6 Å². The summed E-state index contributed by atoms with van der Waals surface area (Å²) < 4.78 is 5.08. The molecule has 2 aromatic rings. The Hall–Kier alpha value is -2.82. The van der Waals surface area contributed by atoms with Crippen molar-refractivity contribution >= 4 is 17.6 Å². The fraction of sp³-hybridized carbons (Fsp3) is 0.263. The SMILES string of the molecule is Cc1cccc(C2(C(=O)Nc3ccc(OCC(=O)O)cc3)CC2)c1. The average Bonchev–Trinajstić information content (AvgIpc) is 3.36. The van der Waals surface area contributed by atoms with Crippen molar-refractivity contribution in [3.63, 3.8) is 0 Å². The van der Waals surface area contributed by atoms with Gasteiger partial charge < -0.3 is 15.2 Å². The molecule has 0 spiro atoms. The Morgan fingerprint density at radius 1 is 1.17 bits per heavy atom. The van der Waals surface area contributed by atoms with E-state index >= 15 is 0 Å². The summed E-state index contributed by atoms with van der Waals surface area (Å²) in [4.78, 5) is 23.2. The fourth-order valence-electron chi connectivity index (χ4n) is 2.74. The Morgan fingerprint density at radius 3 is 2.46 bits per heavy atom. The van der Waals surface area contributed by atoms with E-state index in [1.807, 2.05) is 25.1 Å². The highest BCUT2D eigenvalue weighted by atomic mass is 16.5. The van der Waals surface area contributed by atoms with Gasteiger partial charge in [-0.05, 0) is 49.6 Å². The molecule has 1 aliphatic carbocycles. The highest BCUT2D eigenvalue weighted by Crippen LogP contribution is 2.49. The van der Waals surface area contributed by atoms with Crippen molar-refractivity contribution in [1.29, 1.82) is 0 Å². The number of hydrogen-bond donors (Lipinski definition) is 2. The van der Waals surface area contributed by atoms with Gasteiger partial charge in [-0.1, -0.05) is 29.8 Å². The largest absolute Gasteiger partial charge is 0.482 e. The van der Waals surface area contributed by atoms with E-state index in [2.05, 4.69) is 11.4 Å². The van der Waals surface area contributed by atoms with Crippen molar-refractivity contribution in [2.24, 2.45) is 0 Å². The zero-order chi connectivity index (χ0) is 17.2. The van der Waals surface area contributed by atoms with Gasteiger partial charge in [0.1, 0.15) is 5.75 Å². The van der Waals surface area contributed by atoms with Crippen molar-refractivity contribution < 1.29 is 19.4 Å². The molecular formula is C19H19NO4. The highest BCUT2D eigenvalue weighted by molar-refractivity contribution is 6.01. The highest BCUT2D eigenvalue weighted by Gasteiger charge is 2.51. The van der Waals surface area contributed by atoms with Crippen LogP contribution < -0.4 is 10.1 Å². The molecule has 124 valence electrons. The van der Waals surface area contributed by atoms with Crippen LogP contribution in [0.4, 0.5) is 5.69 Å². The molecule has 5 heteroatoms. The van der Waals surface area contributed by atoms with Gasteiger partial charge in [-0.3, -0.25) is 4.79 Å². The van der Waals surface area contributed by atoms with Gasteiger partial charge in [0.2, 0.25) is 5.91 Å². The van der Waals surface area contributed by atoms with Crippen molar-refractivity contribution in [1.82, 2.24) is 0 Å². The van der Waals surface area contributed by atoms with Crippen LogP contribution in [0.25, 0.3) is 0 Å². The first-order valence-corrected chi connectivity index (χ1v) is 7.83. The van der Waals surface area contributed by atoms with Gasteiger partial charge in [0.05, 0.1) is 5.41 Å². The van der Waals surface area contributed by atoms with E-state index in [1.165, 1.54) is 0 Å². The third kappa shape index (κ3) is 3.40. The molecule has 1 aliphatic rings. The van der Waals surface area contributed by atoms with Gasteiger partial charge in [-0.25, -0.2) is 4.79 Å². The number of ether oxygens (including phenoxy) is 1. The van der Waals surface area contributed by atoms with Crippen molar-refractivity contribution in [3.05, 3.63) is 59.7 Å². The zero-order valence-corrected chi connectivity index (χ0v) is 13.4. The standard InChI is InChI=1S/C19H19NO4/c1-13-3-2-4-14(11-13)19(9-10-19)18(23)20-15-5-7-16(8-6-15)24-12-17(21)22/h2-8,11H,9-10,12H2,1H3,(H,20,23)(H,21,22). The van der Waals surface area contributed by atoms with E-state index in [1.54, 1.807) is 24.3 Å². The lowest BCUT2D eigenvalue weighted by atomic mass is 9.93. The second kappa shape index (κ2) is 6.35. The molecule has 0 unspecified atom stereocenters. The van der Waals surface area contributed by atoms with Crippen LogP contribution in [0, 0.1) is 6.92 Å². The van der Waals surface area contributed by atoms with Crippen LogP contribution >= 0.6 is 0 Å². The molecule has 0 radical (unpaired) electrons. The van der Waals surface area contributed by atoms with Crippen molar-refractivity contribution in [2.75, 3.05) is 11.9 Å². The second-order valence-electron chi connectivity index (χ2n) is 6.11. The number of aliphatic carboxylic acids is 1. The normalized spacial score (nSPS) is 14.7. The molecular weight excluding hydrogens is 306 g/mol. The number of aryl methyl sites for hydroxylation is 1. The van der Waals surface area contributed by atoms with Crippen LogP contribution in [0.2, 0.25) is 0 Å². The molecule has 2 aromatic carbocycles. The number of carboxylic acids is 1. The summed E-state index contributed by atoms with van der Waals surface area (Å²) in [7, 11) is 0. The smallest absolute Gasteiger partial charge is 0.341 e. The maximum Gasteiger partial charge on any atom is 0.341 e. The van der Waals surface area contributed by atoms with Gasteiger partial charge in [-0.15, -0.1) is 0 Å². The molecule has 0 aliphatic heterocycles. The van der Waals surface area contributed by atoms with E-state index in [9.17, 15) is 9.59 Å². The van der Waals surface area contributed by atoms with Crippen LogP contribution in [0.1, 0.15) is 24.0 Å². The van der Waals surface area contributed by atoms with Crippen LogP contribution in [-0.2, 0) is 15.0 Å². The molecule has 1 amide bonds. The number of carboxylic acid groups (broad SMARTS) is 1. The molecule has 0 atom stereocenters. The van der Waals surface area contributed by atoms with E-state index in [0.29, 0.717) is 11.4 Å². The Bertz CT molecular complexity index is 763. The number of rotatable bonds is 6. The number of hydrogen-bond acceptors (Lipinski definition) is 3. The summed E-state index contributed by atoms with van der Waals surface area (Å²) in [6, 6.07) is 14.8. The molecule has 1 fully saturated rings. The topological polar surface area (TPSA) is 75.6 Å². The van der Waals surface area contributed by atoms with Gasteiger partial charge in [0.15, 0.2) is 6.61 Å². The van der Waals surface area contributed by atoms with Gasteiger partial charge in [0, 0.05) is 5.69 Å². The number of nitrogens with one attached hydrogen (secondary N) is 1. The molecule has 0 aromatic heterocycles. The quantitative estimate of drug-likeness (QED) is 0.855. The Labute approximate surface area is 140 Å². The molecule has 3 rings (SSSR count). The third-order valence-corrected chi connectivity index (χ3v) is 4.23. The minimum absolute atomic E-state index is 0.00713. The zero-order valence-electron chi connectivity index (χ0n) is 13.4. The summed E-state index contributed by atoms with van der Waals surface area (Å²) >= 11 is 0. The lowest BCUT2D eigenvalue weighted by Crippen LogP contribution is -2.27. The van der Waals surface area contributed by atoms with Gasteiger partial charge in [0.25, 0.3) is 0 Å². The third-order valence-electron chi connectivity index (χ3n) is 4.23. The van der Waals surface area contributed by atoms with E-state index < -0.39 is 11.4 Å². The second-order valence-corrected chi connectivity index (χ2v) is 6.11. The molecule has 0 saturated heterocycles. The van der Waals surface area contributed by atoms with Crippen LogP contribution in [0.3, 0.4) is 0 Å². The summed E-state index contributed by atoms with van der Waals surface area (Å²) in [5.41, 5.74) is 2.44. The number of benzene rings is 2. The maximum absolute atomic E-state index is 12.7. The number of anilines is 1. The monoisotopic (exact) mass is 325 g/mol. The minimum atomic E-state index is -1.03. The van der Waals surface area contributed by atoms with E-state index in [4.69, 9.17) is 9.84 Å². The Balaban J connectivity index is 1.67. The summed E-state index contributed by atoms with van der Waals surface area (Å²) in [5, 5.41) is 11.5. The predicted molar refractivity (Wildman–Crippen MR) is 90.3 cm³/mol. The lowest BCUT2D eigenvalue weighted by Gasteiger charge is -2.16. The molecule has 24 heavy (non-hydrogen) atoms. The maximum atomic E-state index is 12.7. The Kier molecular flexibility index (Phi) is 4.25. The van der Waals surface area contributed by atoms with Crippen molar-refractivity contribution in [2.45, 2.75) is 25.2 Å². The Morgan fingerprint density at radius 2 is 1.88 bits per heavy atom. The van der Waals surface area contributed by atoms with Crippen LogP contribution in [0.15, 0.2) is 48.5 Å². The van der Waals surface area contributed by atoms with E-state index in [-0.39, 0.29) is 12.5 Å². The predicted octanol–water partition coefficient (Wildman–Crippen LogP) is 3.13. The molecule has 5 nitrogen and oxygen atoms in total. The average molecular weight is 325 g/mol. The minimum Gasteiger partial charge on any atom is -0.482 e. The van der Waals surface area contributed by atoms with Crippen molar-refractivity contribution in [3.8, 4) is 5.75 Å². The fourth-order valence-corrected chi connectivity index (χ4v) is 2.74. The first-order chi connectivity index (χ1) is 11.5. The summed E-state index contributed by atoms with van der Waals surface area (Å²) in [6.45, 7) is 1.63. The molecule has 0 heterocycles. The molecule has 2 N–H and O–H groups in total. The first-order valence-electron chi connectivity index (χ1n) is 7.83.